The number of aromatic nitrogens is 5. The van der Waals surface area contributed by atoms with Crippen molar-refractivity contribution >= 4 is 43.7 Å². The summed E-state index contributed by atoms with van der Waals surface area (Å²) in [4.78, 5) is 19.7. The largest absolute Gasteiger partial charge is 0.454 e. The number of hydrogen-bond acceptors (Lipinski definition) is 5. The number of benzene rings is 5. The molecule has 0 unspecified atom stereocenters. The van der Waals surface area contributed by atoms with Crippen molar-refractivity contribution in [2.45, 2.75) is 0 Å². The molecule has 0 saturated heterocycles. The highest BCUT2D eigenvalue weighted by Crippen LogP contribution is 2.39. The van der Waals surface area contributed by atoms with Gasteiger partial charge in [-0.25, -0.2) is 19.9 Å². The molecular weight excluding hydrogens is 542 g/mol. The van der Waals surface area contributed by atoms with Crippen LogP contribution >= 0.6 is 0 Å². The lowest BCUT2D eigenvalue weighted by Crippen LogP contribution is -2.02. The lowest BCUT2D eigenvalue weighted by atomic mass is 10.1. The fourth-order valence-electron chi connectivity index (χ4n) is 6.08. The maximum atomic E-state index is 6.46. The summed E-state index contributed by atoms with van der Waals surface area (Å²) in [5.74, 6) is 1.12. The Balaban J connectivity index is 1.24. The van der Waals surface area contributed by atoms with Crippen molar-refractivity contribution in [2.75, 3.05) is 0 Å². The van der Waals surface area contributed by atoms with E-state index in [2.05, 4.69) is 65.2 Å². The molecule has 0 radical (unpaired) electrons. The summed E-state index contributed by atoms with van der Waals surface area (Å²) in [6.45, 7) is 0. The summed E-state index contributed by atoms with van der Waals surface area (Å²) in [5, 5.41) is 4.35. The first-order valence-corrected chi connectivity index (χ1v) is 14.5. The van der Waals surface area contributed by atoms with Crippen LogP contribution in [0.15, 0.2) is 144 Å². The summed E-state index contributed by atoms with van der Waals surface area (Å²) in [5.41, 5.74) is 8.08. The number of hydrogen-bond donors (Lipinski definition) is 0. The second kappa shape index (κ2) is 9.71. The molecule has 4 heterocycles. The summed E-state index contributed by atoms with van der Waals surface area (Å²) in [6, 6.07) is 43.1. The van der Waals surface area contributed by atoms with E-state index in [4.69, 9.17) is 24.4 Å². The molecule has 5 aromatic carbocycles. The minimum atomic E-state index is 0.551. The van der Waals surface area contributed by atoms with Crippen LogP contribution in [0.4, 0.5) is 0 Å². The zero-order chi connectivity index (χ0) is 29.0. The van der Waals surface area contributed by atoms with Gasteiger partial charge in [-0.05, 0) is 24.3 Å². The van der Waals surface area contributed by atoms with Crippen LogP contribution in [0, 0.1) is 0 Å². The van der Waals surface area contributed by atoms with E-state index in [1.165, 1.54) is 0 Å². The van der Waals surface area contributed by atoms with Crippen LogP contribution < -0.4 is 0 Å². The fourth-order valence-corrected chi connectivity index (χ4v) is 6.08. The minimum Gasteiger partial charge on any atom is -0.454 e. The topological polar surface area (TPSA) is 69.6 Å². The van der Waals surface area contributed by atoms with E-state index in [1.807, 2.05) is 66.7 Å². The Kier molecular flexibility index (Phi) is 5.40. The molecule has 4 aromatic heterocycles. The molecule has 0 bridgehead atoms. The molecule has 0 saturated carbocycles. The smallest absolute Gasteiger partial charge is 0.234 e. The molecular formula is C38H23N5O. The SMILES string of the molecule is c1ccc(-c2cc(-c3ccccc3)nc(-c3cnc(-n4c5ccccc5c5ccc6c7ccccc7oc6c54)nc3)n2)cc1. The number of furan rings is 1. The quantitative estimate of drug-likeness (QED) is 0.213. The Bertz CT molecular complexity index is 2420. The molecule has 9 rings (SSSR count). The van der Waals surface area contributed by atoms with Crippen LogP contribution in [0.5, 0.6) is 0 Å². The standard InChI is InChI=1S/C38H23N5O/c1-3-11-24(12-4-1)31-21-32(25-13-5-2-6-14-25)42-37(41-31)26-22-39-38(40-23-26)43-33-17-9-7-15-27(33)29-19-20-30-28-16-8-10-18-34(28)44-36(30)35(29)43/h1-23H. The number of nitrogens with zero attached hydrogens (tertiary/aromatic N) is 5. The van der Waals surface area contributed by atoms with Gasteiger partial charge in [0, 0.05) is 45.1 Å². The predicted octanol–water partition coefficient (Wildman–Crippen LogP) is 9.26. The fraction of sp³-hybridized carbons (Fsp3) is 0. The summed E-state index contributed by atoms with van der Waals surface area (Å²) in [7, 11) is 0. The lowest BCUT2D eigenvalue weighted by molar-refractivity contribution is 0.670. The molecule has 9 aromatic rings. The Hall–Kier alpha value is -6.14. The summed E-state index contributed by atoms with van der Waals surface area (Å²) < 4.78 is 8.56. The van der Waals surface area contributed by atoms with Gasteiger partial charge in [-0.2, -0.15) is 0 Å². The third-order valence-corrected chi connectivity index (χ3v) is 8.14. The number of para-hydroxylation sites is 2. The first-order chi connectivity index (χ1) is 21.8. The van der Waals surface area contributed by atoms with Gasteiger partial charge in [-0.3, -0.25) is 4.57 Å². The van der Waals surface area contributed by atoms with E-state index in [0.29, 0.717) is 11.8 Å². The van der Waals surface area contributed by atoms with Crippen LogP contribution in [0.3, 0.4) is 0 Å². The Morgan fingerprint density at radius 2 is 1.09 bits per heavy atom. The van der Waals surface area contributed by atoms with Crippen molar-refractivity contribution < 1.29 is 4.42 Å². The van der Waals surface area contributed by atoms with Gasteiger partial charge in [0.15, 0.2) is 11.4 Å². The maximum Gasteiger partial charge on any atom is 0.234 e. The Morgan fingerprint density at radius 1 is 0.500 bits per heavy atom. The molecule has 206 valence electrons. The molecule has 0 N–H and O–H groups in total. The third-order valence-electron chi connectivity index (χ3n) is 8.14. The zero-order valence-electron chi connectivity index (χ0n) is 23.4. The molecule has 6 nitrogen and oxygen atoms in total. The monoisotopic (exact) mass is 565 g/mol. The number of rotatable bonds is 4. The van der Waals surface area contributed by atoms with Gasteiger partial charge in [0.2, 0.25) is 5.95 Å². The molecule has 0 aliphatic carbocycles. The normalized spacial score (nSPS) is 11.6. The third kappa shape index (κ3) is 3.82. The van der Waals surface area contributed by atoms with E-state index >= 15 is 0 Å². The van der Waals surface area contributed by atoms with Gasteiger partial charge in [-0.15, -0.1) is 0 Å². The van der Waals surface area contributed by atoms with Crippen molar-refractivity contribution in [1.82, 2.24) is 24.5 Å². The van der Waals surface area contributed by atoms with Crippen molar-refractivity contribution in [2.24, 2.45) is 0 Å². The first-order valence-electron chi connectivity index (χ1n) is 14.5. The van der Waals surface area contributed by atoms with Crippen LogP contribution in [0.2, 0.25) is 0 Å². The van der Waals surface area contributed by atoms with E-state index in [1.54, 1.807) is 12.4 Å². The highest BCUT2D eigenvalue weighted by molar-refractivity contribution is 6.21. The van der Waals surface area contributed by atoms with Gasteiger partial charge in [0.05, 0.1) is 22.5 Å². The molecule has 0 spiro atoms. The van der Waals surface area contributed by atoms with E-state index in [0.717, 1.165) is 71.8 Å². The van der Waals surface area contributed by atoms with Crippen molar-refractivity contribution in [3.63, 3.8) is 0 Å². The van der Waals surface area contributed by atoms with Crippen molar-refractivity contribution in [1.29, 1.82) is 0 Å². The van der Waals surface area contributed by atoms with Crippen LogP contribution in [0.1, 0.15) is 0 Å². The zero-order valence-corrected chi connectivity index (χ0v) is 23.4. The van der Waals surface area contributed by atoms with Gasteiger partial charge in [-0.1, -0.05) is 103 Å². The average molecular weight is 566 g/mol. The second-order valence-electron chi connectivity index (χ2n) is 10.8. The Labute approximate surface area is 251 Å². The average Bonchev–Trinajstić information content (AvgIpc) is 3.65. The highest BCUT2D eigenvalue weighted by atomic mass is 16.3. The number of fused-ring (bicyclic) bond motifs is 7. The summed E-state index contributed by atoms with van der Waals surface area (Å²) in [6.07, 6.45) is 3.61. The highest BCUT2D eigenvalue weighted by Gasteiger charge is 2.20. The van der Waals surface area contributed by atoms with Crippen LogP contribution in [-0.2, 0) is 0 Å². The Morgan fingerprint density at radius 3 is 1.80 bits per heavy atom. The maximum absolute atomic E-state index is 6.46. The second-order valence-corrected chi connectivity index (χ2v) is 10.8. The molecule has 0 aliphatic heterocycles. The molecule has 44 heavy (non-hydrogen) atoms. The minimum absolute atomic E-state index is 0.551. The van der Waals surface area contributed by atoms with Gasteiger partial charge < -0.3 is 4.42 Å². The van der Waals surface area contributed by atoms with Gasteiger partial charge in [0.25, 0.3) is 0 Å². The van der Waals surface area contributed by atoms with Crippen LogP contribution in [0.25, 0.3) is 83.6 Å². The molecule has 6 heteroatoms. The van der Waals surface area contributed by atoms with Crippen molar-refractivity contribution in [3.8, 4) is 39.9 Å². The van der Waals surface area contributed by atoms with E-state index in [-0.39, 0.29) is 0 Å². The van der Waals surface area contributed by atoms with Gasteiger partial charge >= 0.3 is 0 Å². The van der Waals surface area contributed by atoms with Crippen LogP contribution in [-0.4, -0.2) is 24.5 Å². The van der Waals surface area contributed by atoms with E-state index in [9.17, 15) is 0 Å². The van der Waals surface area contributed by atoms with Gasteiger partial charge in [0.1, 0.15) is 11.1 Å². The predicted molar refractivity (Wildman–Crippen MR) is 176 cm³/mol. The molecule has 0 atom stereocenters. The molecule has 0 amide bonds. The summed E-state index contributed by atoms with van der Waals surface area (Å²) >= 11 is 0. The van der Waals surface area contributed by atoms with E-state index < -0.39 is 0 Å². The molecule has 0 aliphatic rings. The first kappa shape index (κ1) is 24.5. The lowest BCUT2D eigenvalue weighted by Gasteiger charge is -2.10. The van der Waals surface area contributed by atoms with Crippen molar-refractivity contribution in [3.05, 3.63) is 140 Å². The molecule has 0 fully saturated rings.